The van der Waals surface area contributed by atoms with Crippen LogP contribution in [0.25, 0.3) is 93.2 Å². The van der Waals surface area contributed by atoms with Gasteiger partial charge in [0.15, 0.2) is 5.75 Å². The minimum absolute atomic E-state index is 0.870. The molecule has 0 bridgehead atoms. The van der Waals surface area contributed by atoms with Gasteiger partial charge >= 0.3 is 0 Å². The molecule has 11 rings (SSSR count). The van der Waals surface area contributed by atoms with Crippen LogP contribution in [0.4, 0.5) is 0 Å². The summed E-state index contributed by atoms with van der Waals surface area (Å²) in [6, 6.07) is 63.7. The number of hydrogen-bond acceptors (Lipinski definition) is 1. The zero-order chi connectivity index (χ0) is 32.8. The third kappa shape index (κ3) is 3.85. The Bertz CT molecular complexity index is 2970. The van der Waals surface area contributed by atoms with Gasteiger partial charge < -0.3 is 9.30 Å². The molecule has 1 aliphatic heterocycles. The van der Waals surface area contributed by atoms with E-state index in [1.165, 1.54) is 65.3 Å². The number of para-hydroxylation sites is 2. The monoisotopic (exact) mass is 635 g/mol. The van der Waals surface area contributed by atoms with Crippen LogP contribution in [0.1, 0.15) is 0 Å². The molecule has 0 N–H and O–H groups in total. The highest BCUT2D eigenvalue weighted by Gasteiger charge is 2.25. The summed E-state index contributed by atoms with van der Waals surface area (Å²) in [5.41, 5.74) is 10.3. The number of benzene rings is 9. The maximum absolute atomic E-state index is 6.97. The number of aromatic nitrogens is 1. The van der Waals surface area contributed by atoms with Crippen LogP contribution in [-0.4, -0.2) is 4.57 Å². The normalized spacial score (nSPS) is 12.2. The molecule has 0 saturated heterocycles. The Balaban J connectivity index is 1.12. The van der Waals surface area contributed by atoms with E-state index in [1.807, 2.05) is 0 Å². The van der Waals surface area contributed by atoms with Crippen molar-refractivity contribution in [2.75, 3.05) is 0 Å². The lowest BCUT2D eigenvalue weighted by Gasteiger charge is -2.15. The third-order valence-electron chi connectivity index (χ3n) is 10.6. The van der Waals surface area contributed by atoms with Gasteiger partial charge in [-0.2, -0.15) is 0 Å². The molecular weight excluding hydrogens is 607 g/mol. The van der Waals surface area contributed by atoms with Crippen molar-refractivity contribution in [2.24, 2.45) is 0 Å². The molecular formula is C48H29NO. The number of hydrogen-bond donors (Lipinski definition) is 0. The fourth-order valence-corrected chi connectivity index (χ4v) is 8.34. The molecule has 0 atom stereocenters. The molecule has 0 spiro atoms. The quantitative estimate of drug-likeness (QED) is 0.172. The summed E-state index contributed by atoms with van der Waals surface area (Å²) in [6.07, 6.45) is 0. The summed E-state index contributed by atoms with van der Waals surface area (Å²) in [7, 11) is 0. The minimum atomic E-state index is 0.870. The number of ether oxygens (including phenoxy) is 1. The van der Waals surface area contributed by atoms with Crippen LogP contribution in [0.15, 0.2) is 176 Å². The Kier molecular flexibility index (Phi) is 5.70. The van der Waals surface area contributed by atoms with E-state index in [0.717, 1.165) is 39.3 Å². The van der Waals surface area contributed by atoms with Crippen molar-refractivity contribution >= 4 is 54.1 Å². The lowest BCUT2D eigenvalue weighted by atomic mass is 9.92. The first-order valence-corrected chi connectivity index (χ1v) is 17.2. The molecule has 1 aromatic heterocycles. The summed E-state index contributed by atoms with van der Waals surface area (Å²) in [5.74, 6) is 1.75. The molecule has 2 heterocycles. The first-order chi connectivity index (χ1) is 24.8. The second-order valence-electron chi connectivity index (χ2n) is 13.2. The van der Waals surface area contributed by atoms with Crippen molar-refractivity contribution < 1.29 is 4.74 Å². The van der Waals surface area contributed by atoms with Crippen LogP contribution in [-0.2, 0) is 0 Å². The first kappa shape index (κ1) is 27.3. The predicted molar refractivity (Wildman–Crippen MR) is 210 cm³/mol. The molecule has 232 valence electrons. The number of fused-ring (bicyclic) bond motifs is 15. The van der Waals surface area contributed by atoms with Crippen molar-refractivity contribution in [2.45, 2.75) is 0 Å². The standard InChI is InChI=1S/C48H29NO/c1-2-13-35-33(11-1)34-12-3-6-16-38(34)44-29-31(23-26-39(35)44)30-21-24-32(25-22-30)49-45-19-9-7-17-40(45)42-27-28-43-37-15-5-4-14-36(37)41-18-8-10-20-46(41)50-48(43)47(42)49/h1-29H. The molecule has 0 fully saturated rings. The van der Waals surface area contributed by atoms with E-state index < -0.39 is 0 Å². The highest BCUT2D eigenvalue weighted by molar-refractivity contribution is 6.25. The zero-order valence-corrected chi connectivity index (χ0v) is 27.1. The van der Waals surface area contributed by atoms with Crippen LogP contribution in [0, 0.1) is 0 Å². The van der Waals surface area contributed by atoms with Gasteiger partial charge in [-0.1, -0.05) is 140 Å². The largest absolute Gasteiger partial charge is 0.454 e. The van der Waals surface area contributed by atoms with Crippen molar-refractivity contribution in [3.63, 3.8) is 0 Å². The molecule has 50 heavy (non-hydrogen) atoms. The summed E-state index contributed by atoms with van der Waals surface area (Å²) in [4.78, 5) is 0. The average molecular weight is 636 g/mol. The van der Waals surface area contributed by atoms with Crippen molar-refractivity contribution in [1.29, 1.82) is 0 Å². The minimum Gasteiger partial charge on any atom is -0.454 e. The van der Waals surface area contributed by atoms with Gasteiger partial charge in [-0.05, 0) is 91.0 Å². The molecule has 0 unspecified atom stereocenters. The number of nitrogens with zero attached hydrogens (tertiary/aromatic N) is 1. The summed E-state index contributed by atoms with van der Waals surface area (Å²) in [6.45, 7) is 0. The van der Waals surface area contributed by atoms with E-state index in [9.17, 15) is 0 Å². The van der Waals surface area contributed by atoms with Gasteiger partial charge in [-0.3, -0.25) is 0 Å². The molecule has 0 saturated carbocycles. The summed E-state index contributed by atoms with van der Waals surface area (Å²) >= 11 is 0. The zero-order valence-electron chi connectivity index (χ0n) is 27.1. The summed E-state index contributed by atoms with van der Waals surface area (Å²) < 4.78 is 9.35. The van der Waals surface area contributed by atoms with Crippen molar-refractivity contribution in [3.8, 4) is 50.6 Å². The topological polar surface area (TPSA) is 14.2 Å². The van der Waals surface area contributed by atoms with E-state index in [1.54, 1.807) is 0 Å². The average Bonchev–Trinajstić information content (AvgIpc) is 3.45. The maximum Gasteiger partial charge on any atom is 0.159 e. The van der Waals surface area contributed by atoms with Crippen molar-refractivity contribution in [1.82, 2.24) is 4.57 Å². The molecule has 0 radical (unpaired) electrons. The van der Waals surface area contributed by atoms with E-state index in [0.29, 0.717) is 0 Å². The predicted octanol–water partition coefficient (Wildman–Crippen LogP) is 13.3. The molecule has 2 heteroatoms. The van der Waals surface area contributed by atoms with E-state index >= 15 is 0 Å². The second-order valence-corrected chi connectivity index (χ2v) is 13.2. The highest BCUT2D eigenvalue weighted by Crippen LogP contribution is 2.51. The first-order valence-electron chi connectivity index (χ1n) is 17.2. The molecule has 0 amide bonds. The van der Waals surface area contributed by atoms with Crippen LogP contribution in [0.3, 0.4) is 0 Å². The van der Waals surface area contributed by atoms with Crippen LogP contribution in [0.5, 0.6) is 11.5 Å². The fourth-order valence-electron chi connectivity index (χ4n) is 8.34. The lowest BCUT2D eigenvalue weighted by molar-refractivity contribution is 0.491. The maximum atomic E-state index is 6.97. The lowest BCUT2D eigenvalue weighted by Crippen LogP contribution is -1.97. The van der Waals surface area contributed by atoms with Gasteiger partial charge in [-0.25, -0.2) is 0 Å². The Morgan fingerprint density at radius 1 is 0.340 bits per heavy atom. The van der Waals surface area contributed by atoms with Gasteiger partial charge in [0, 0.05) is 27.6 Å². The Morgan fingerprint density at radius 3 is 1.58 bits per heavy atom. The van der Waals surface area contributed by atoms with E-state index in [-0.39, 0.29) is 0 Å². The fraction of sp³-hybridized carbons (Fsp3) is 0. The van der Waals surface area contributed by atoms with E-state index in [4.69, 9.17) is 4.74 Å². The van der Waals surface area contributed by atoms with Gasteiger partial charge in [0.1, 0.15) is 5.75 Å². The Hall–Kier alpha value is -6.64. The molecule has 9 aromatic carbocycles. The summed E-state index contributed by atoms with van der Waals surface area (Å²) in [5, 5.41) is 10.1. The van der Waals surface area contributed by atoms with Gasteiger partial charge in [0.05, 0.1) is 11.0 Å². The molecule has 0 aliphatic carbocycles. The highest BCUT2D eigenvalue weighted by atomic mass is 16.5. The van der Waals surface area contributed by atoms with Crippen molar-refractivity contribution in [3.05, 3.63) is 176 Å². The number of rotatable bonds is 2. The second kappa shape index (κ2) is 10.4. The molecule has 1 aliphatic rings. The smallest absolute Gasteiger partial charge is 0.159 e. The molecule has 2 nitrogen and oxygen atoms in total. The van der Waals surface area contributed by atoms with Gasteiger partial charge in [-0.15, -0.1) is 0 Å². The Labute approximate surface area is 289 Å². The SMILES string of the molecule is c1ccc2c(c1)Oc1c(ccc3c4ccccc4n(-c4ccc(-c5ccc6c7ccccc7c7ccccc7c6c5)cc4)c13)-c1ccccc1-2. The van der Waals surface area contributed by atoms with Crippen LogP contribution < -0.4 is 4.74 Å². The van der Waals surface area contributed by atoms with Gasteiger partial charge in [0.25, 0.3) is 0 Å². The van der Waals surface area contributed by atoms with Crippen LogP contribution >= 0.6 is 0 Å². The molecule has 10 aromatic rings. The van der Waals surface area contributed by atoms with E-state index in [2.05, 4.69) is 180 Å². The van der Waals surface area contributed by atoms with Crippen LogP contribution in [0.2, 0.25) is 0 Å². The van der Waals surface area contributed by atoms with Gasteiger partial charge in [0.2, 0.25) is 0 Å². The Morgan fingerprint density at radius 2 is 0.860 bits per heavy atom. The third-order valence-corrected chi connectivity index (χ3v) is 10.6.